The van der Waals surface area contributed by atoms with Gasteiger partial charge in [0.15, 0.2) is 0 Å². The number of rotatable bonds is 6. The third-order valence-electron chi connectivity index (χ3n) is 3.62. The molecule has 0 fully saturated rings. The standard InChI is InChI=1S/C21H20FN3O2/c1-14(2)27-20-9-7-17(8-10-20)24-19-11-15(12-23-13-19)21(26)25-18-5-3-16(22)4-6-18/h3-14,24H,1-2H3,(H,25,26). The van der Waals surface area contributed by atoms with Crippen LogP contribution in [0.25, 0.3) is 0 Å². The van der Waals surface area contributed by atoms with Crippen LogP contribution in [0, 0.1) is 5.82 Å². The van der Waals surface area contributed by atoms with E-state index in [0.717, 1.165) is 11.4 Å². The molecule has 0 saturated carbocycles. The number of carbonyl (C=O) groups is 1. The molecule has 0 spiro atoms. The molecule has 3 rings (SSSR count). The molecule has 138 valence electrons. The molecule has 1 amide bonds. The van der Waals surface area contributed by atoms with Crippen LogP contribution < -0.4 is 15.4 Å². The molecule has 27 heavy (non-hydrogen) atoms. The summed E-state index contributed by atoms with van der Waals surface area (Å²) < 4.78 is 18.6. The van der Waals surface area contributed by atoms with Crippen LogP contribution in [-0.4, -0.2) is 17.0 Å². The highest BCUT2D eigenvalue weighted by Crippen LogP contribution is 2.21. The minimum atomic E-state index is -0.356. The molecule has 1 heterocycles. The lowest BCUT2D eigenvalue weighted by atomic mass is 10.2. The molecular weight excluding hydrogens is 345 g/mol. The molecule has 5 nitrogen and oxygen atoms in total. The first-order valence-corrected chi connectivity index (χ1v) is 8.55. The molecule has 0 saturated heterocycles. The van der Waals surface area contributed by atoms with E-state index in [4.69, 9.17) is 4.74 Å². The fraction of sp³-hybridized carbons (Fsp3) is 0.143. The molecule has 6 heteroatoms. The van der Waals surface area contributed by atoms with Crippen molar-refractivity contribution < 1.29 is 13.9 Å². The fourth-order valence-electron chi connectivity index (χ4n) is 2.42. The Bertz CT molecular complexity index is 909. The number of hydrogen-bond donors (Lipinski definition) is 2. The molecule has 0 aliphatic heterocycles. The first kappa shape index (κ1) is 18.4. The van der Waals surface area contributed by atoms with Crippen LogP contribution >= 0.6 is 0 Å². The molecule has 0 bridgehead atoms. The summed E-state index contributed by atoms with van der Waals surface area (Å²) in [5.74, 6) is 0.116. The van der Waals surface area contributed by atoms with Gasteiger partial charge in [0.2, 0.25) is 0 Å². The van der Waals surface area contributed by atoms with Crippen molar-refractivity contribution in [1.82, 2.24) is 4.98 Å². The monoisotopic (exact) mass is 365 g/mol. The summed E-state index contributed by atoms with van der Waals surface area (Å²) in [4.78, 5) is 16.5. The zero-order chi connectivity index (χ0) is 19.2. The molecule has 0 aliphatic rings. The largest absolute Gasteiger partial charge is 0.491 e. The Morgan fingerprint density at radius 1 is 0.963 bits per heavy atom. The first-order chi connectivity index (χ1) is 13.0. The number of ether oxygens (including phenoxy) is 1. The van der Waals surface area contributed by atoms with Gasteiger partial charge in [-0.2, -0.15) is 0 Å². The molecule has 3 aromatic rings. The summed E-state index contributed by atoms with van der Waals surface area (Å²) in [6, 6.07) is 14.8. The van der Waals surface area contributed by atoms with E-state index in [1.807, 2.05) is 38.1 Å². The van der Waals surface area contributed by atoms with Crippen LogP contribution in [0.15, 0.2) is 67.0 Å². The van der Waals surface area contributed by atoms with Gasteiger partial charge in [-0.15, -0.1) is 0 Å². The van der Waals surface area contributed by atoms with Gasteiger partial charge in [-0.3, -0.25) is 9.78 Å². The maximum atomic E-state index is 13.0. The predicted molar refractivity (Wildman–Crippen MR) is 104 cm³/mol. The Labute approximate surface area is 157 Å². The average molecular weight is 365 g/mol. The van der Waals surface area contributed by atoms with Gasteiger partial charge >= 0.3 is 0 Å². The zero-order valence-corrected chi connectivity index (χ0v) is 15.1. The Morgan fingerprint density at radius 2 is 1.63 bits per heavy atom. The highest BCUT2D eigenvalue weighted by molar-refractivity contribution is 6.04. The molecule has 2 N–H and O–H groups in total. The third-order valence-corrected chi connectivity index (χ3v) is 3.62. The average Bonchev–Trinajstić information content (AvgIpc) is 2.65. The van der Waals surface area contributed by atoms with E-state index in [1.165, 1.54) is 30.5 Å². The van der Waals surface area contributed by atoms with Crippen molar-refractivity contribution >= 4 is 23.0 Å². The van der Waals surface area contributed by atoms with Crippen LogP contribution in [0.2, 0.25) is 0 Å². The summed E-state index contributed by atoms with van der Waals surface area (Å²) in [5.41, 5.74) is 2.44. The van der Waals surface area contributed by atoms with Gasteiger partial charge in [0.25, 0.3) is 5.91 Å². The summed E-state index contributed by atoms with van der Waals surface area (Å²) in [6.07, 6.45) is 3.22. The number of amides is 1. The van der Waals surface area contributed by atoms with Crippen LogP contribution in [-0.2, 0) is 0 Å². The summed E-state index contributed by atoms with van der Waals surface area (Å²) in [5, 5.41) is 5.92. The summed E-state index contributed by atoms with van der Waals surface area (Å²) in [7, 11) is 0. The van der Waals surface area contributed by atoms with E-state index >= 15 is 0 Å². The second kappa shape index (κ2) is 8.31. The normalized spacial score (nSPS) is 10.5. The van der Waals surface area contributed by atoms with Gasteiger partial charge in [0.05, 0.1) is 23.6 Å². The maximum Gasteiger partial charge on any atom is 0.257 e. The van der Waals surface area contributed by atoms with Crippen LogP contribution in [0.1, 0.15) is 24.2 Å². The number of carbonyl (C=O) groups excluding carboxylic acids is 1. The van der Waals surface area contributed by atoms with E-state index in [2.05, 4.69) is 15.6 Å². The number of halogens is 1. The van der Waals surface area contributed by atoms with E-state index in [0.29, 0.717) is 16.9 Å². The van der Waals surface area contributed by atoms with Crippen LogP contribution in [0.5, 0.6) is 5.75 Å². The lowest BCUT2D eigenvalue weighted by molar-refractivity contribution is 0.102. The lowest BCUT2D eigenvalue weighted by Crippen LogP contribution is -2.12. The van der Waals surface area contributed by atoms with E-state index < -0.39 is 0 Å². The molecule has 0 aliphatic carbocycles. The van der Waals surface area contributed by atoms with Gasteiger partial charge in [-0.25, -0.2) is 4.39 Å². The minimum Gasteiger partial charge on any atom is -0.491 e. The number of nitrogens with one attached hydrogen (secondary N) is 2. The van der Waals surface area contributed by atoms with Crippen molar-refractivity contribution in [3.05, 3.63) is 78.4 Å². The topological polar surface area (TPSA) is 63.2 Å². The van der Waals surface area contributed by atoms with E-state index in [1.54, 1.807) is 12.3 Å². The van der Waals surface area contributed by atoms with Crippen molar-refractivity contribution in [1.29, 1.82) is 0 Å². The maximum absolute atomic E-state index is 13.0. The van der Waals surface area contributed by atoms with Gasteiger partial charge in [-0.05, 0) is 68.4 Å². The number of benzene rings is 2. The van der Waals surface area contributed by atoms with Gasteiger partial charge in [0.1, 0.15) is 11.6 Å². The lowest BCUT2D eigenvalue weighted by Gasteiger charge is -2.11. The van der Waals surface area contributed by atoms with Crippen molar-refractivity contribution in [2.45, 2.75) is 20.0 Å². The number of nitrogens with zero attached hydrogens (tertiary/aromatic N) is 1. The van der Waals surface area contributed by atoms with Gasteiger partial charge in [0, 0.05) is 17.6 Å². The Balaban J connectivity index is 1.67. The Hall–Kier alpha value is -3.41. The predicted octanol–water partition coefficient (Wildman–Crippen LogP) is 5.00. The first-order valence-electron chi connectivity index (χ1n) is 8.55. The smallest absolute Gasteiger partial charge is 0.257 e. The fourth-order valence-corrected chi connectivity index (χ4v) is 2.42. The van der Waals surface area contributed by atoms with Gasteiger partial charge < -0.3 is 15.4 Å². The van der Waals surface area contributed by atoms with Crippen molar-refractivity contribution in [2.24, 2.45) is 0 Å². The third kappa shape index (κ3) is 5.28. The van der Waals surface area contributed by atoms with Crippen molar-refractivity contribution in [3.8, 4) is 5.75 Å². The summed E-state index contributed by atoms with van der Waals surface area (Å²) in [6.45, 7) is 3.95. The van der Waals surface area contributed by atoms with Crippen LogP contribution in [0.4, 0.5) is 21.5 Å². The van der Waals surface area contributed by atoms with Crippen molar-refractivity contribution in [2.75, 3.05) is 10.6 Å². The SMILES string of the molecule is CC(C)Oc1ccc(Nc2cncc(C(=O)Nc3ccc(F)cc3)c2)cc1. The number of anilines is 3. The van der Waals surface area contributed by atoms with Crippen LogP contribution in [0.3, 0.4) is 0 Å². The van der Waals surface area contributed by atoms with Gasteiger partial charge in [-0.1, -0.05) is 0 Å². The number of aromatic nitrogens is 1. The summed E-state index contributed by atoms with van der Waals surface area (Å²) >= 11 is 0. The highest BCUT2D eigenvalue weighted by Gasteiger charge is 2.08. The highest BCUT2D eigenvalue weighted by atomic mass is 19.1. The Kier molecular flexibility index (Phi) is 5.66. The zero-order valence-electron chi connectivity index (χ0n) is 15.1. The molecular formula is C21H20FN3O2. The van der Waals surface area contributed by atoms with Crippen molar-refractivity contribution in [3.63, 3.8) is 0 Å². The molecule has 2 aromatic carbocycles. The van der Waals surface area contributed by atoms with E-state index in [9.17, 15) is 9.18 Å². The second-order valence-corrected chi connectivity index (χ2v) is 6.24. The molecule has 0 radical (unpaired) electrons. The quantitative estimate of drug-likeness (QED) is 0.645. The van der Waals surface area contributed by atoms with E-state index in [-0.39, 0.29) is 17.8 Å². The molecule has 0 atom stereocenters. The molecule has 0 unspecified atom stereocenters. The minimum absolute atomic E-state index is 0.115. The second-order valence-electron chi connectivity index (χ2n) is 6.24. The molecule has 1 aromatic heterocycles. The Morgan fingerprint density at radius 3 is 2.30 bits per heavy atom. The number of pyridine rings is 1. The number of hydrogen-bond acceptors (Lipinski definition) is 4.